The van der Waals surface area contributed by atoms with Crippen LogP contribution in [-0.4, -0.2) is 18.0 Å². The largest absolute Gasteiger partial charge is 0.501 e. The molecule has 5 aromatic carbocycles. The molecule has 1 radical (unpaired) electrons. The summed E-state index contributed by atoms with van der Waals surface area (Å²) in [5.41, 5.74) is 13.2. The average Bonchev–Trinajstić information content (AvgIpc) is 3.52. The van der Waals surface area contributed by atoms with Crippen molar-refractivity contribution in [3.8, 4) is 33.6 Å². The van der Waals surface area contributed by atoms with Crippen molar-refractivity contribution in [1.29, 1.82) is 0 Å². The summed E-state index contributed by atoms with van der Waals surface area (Å²) in [4.78, 5) is 9.33. The van der Waals surface area contributed by atoms with Crippen LogP contribution in [0.1, 0.15) is 22.3 Å². The zero-order valence-electron chi connectivity index (χ0n) is 29.6. The molecule has 3 aromatic heterocycles. The number of fused-ring (bicyclic) bond motifs is 3. The first-order valence-corrected chi connectivity index (χ1v) is 20.6. The van der Waals surface area contributed by atoms with Crippen molar-refractivity contribution in [1.82, 2.24) is 9.97 Å². The fourth-order valence-corrected chi connectivity index (χ4v) is 7.74. The summed E-state index contributed by atoms with van der Waals surface area (Å²) < 4.78 is 6.14. The van der Waals surface area contributed by atoms with Crippen molar-refractivity contribution < 1.29 is 24.5 Å². The number of benzene rings is 5. The van der Waals surface area contributed by atoms with Crippen LogP contribution < -0.4 is 5.19 Å². The molecule has 5 heteroatoms. The quantitative estimate of drug-likeness (QED) is 0.124. The molecule has 0 unspecified atom stereocenters. The summed E-state index contributed by atoms with van der Waals surface area (Å²) >= 11 is 0. The zero-order chi connectivity index (χ0) is 34.7. The van der Waals surface area contributed by atoms with E-state index < -0.39 is 8.07 Å². The molecule has 0 saturated carbocycles. The number of aryl methyl sites for hydroxylation is 2. The second-order valence-corrected chi connectivity index (χ2v) is 19.0. The van der Waals surface area contributed by atoms with Crippen LogP contribution >= 0.6 is 0 Å². The SMILES string of the molecule is Cc1c[c-]c(-c2cc(-c3ccccc3)c([Si](C)(C)C)cn2)cc1.Cc1ccc(Cc2ccnc(-c3[c-]ccc4c3oc3ccccc34)c2)cc1.[Ir]. The van der Waals surface area contributed by atoms with Crippen LogP contribution in [0.3, 0.4) is 0 Å². The van der Waals surface area contributed by atoms with Crippen LogP contribution in [0.25, 0.3) is 55.6 Å². The van der Waals surface area contributed by atoms with E-state index in [9.17, 15) is 0 Å². The van der Waals surface area contributed by atoms with Gasteiger partial charge in [-0.3, -0.25) is 0 Å². The second-order valence-electron chi connectivity index (χ2n) is 13.9. The van der Waals surface area contributed by atoms with Crippen molar-refractivity contribution in [3.63, 3.8) is 0 Å². The third-order valence-electron chi connectivity index (χ3n) is 8.99. The van der Waals surface area contributed by atoms with Gasteiger partial charge in [0.15, 0.2) is 0 Å². The van der Waals surface area contributed by atoms with Gasteiger partial charge in [-0.2, -0.15) is 0 Å². The van der Waals surface area contributed by atoms with E-state index in [0.717, 1.165) is 50.9 Å². The third-order valence-corrected chi connectivity index (χ3v) is 11.0. The van der Waals surface area contributed by atoms with E-state index in [2.05, 4.69) is 154 Å². The molecular weight excluding hydrogens is 817 g/mol. The number of rotatable bonds is 6. The molecule has 3 heterocycles. The molecule has 8 rings (SSSR count). The van der Waals surface area contributed by atoms with E-state index in [1.165, 1.54) is 38.6 Å². The van der Waals surface area contributed by atoms with Crippen molar-refractivity contribution in [2.24, 2.45) is 0 Å². The monoisotopic (exact) mass is 857 g/mol. The molecule has 0 aliphatic rings. The summed E-state index contributed by atoms with van der Waals surface area (Å²) in [6.07, 6.45) is 4.83. The molecule has 0 saturated heterocycles. The van der Waals surface area contributed by atoms with E-state index in [1.807, 2.05) is 36.5 Å². The Hall–Kier alpha value is -4.93. The van der Waals surface area contributed by atoms with Gasteiger partial charge in [0.1, 0.15) is 5.58 Å². The Bertz CT molecular complexity index is 2390. The normalized spacial score (nSPS) is 11.2. The van der Waals surface area contributed by atoms with E-state index in [0.29, 0.717) is 0 Å². The predicted molar refractivity (Wildman–Crippen MR) is 211 cm³/mol. The number of aromatic nitrogens is 2. The fourth-order valence-electron chi connectivity index (χ4n) is 6.26. The maximum absolute atomic E-state index is 6.14. The molecule has 0 atom stereocenters. The molecule has 3 nitrogen and oxygen atoms in total. The van der Waals surface area contributed by atoms with E-state index in [1.54, 1.807) is 0 Å². The van der Waals surface area contributed by atoms with Gasteiger partial charge in [0.25, 0.3) is 0 Å². The molecular formula is C46H40IrN2OSi-2. The molecule has 8 aromatic rings. The Morgan fingerprint density at radius 1 is 0.667 bits per heavy atom. The van der Waals surface area contributed by atoms with Crippen molar-refractivity contribution in [2.75, 3.05) is 0 Å². The van der Waals surface area contributed by atoms with Gasteiger partial charge in [0.2, 0.25) is 0 Å². The number of pyridine rings is 2. The van der Waals surface area contributed by atoms with Gasteiger partial charge < -0.3 is 14.4 Å². The van der Waals surface area contributed by atoms with E-state index in [4.69, 9.17) is 9.40 Å². The first-order chi connectivity index (χ1) is 24.2. The van der Waals surface area contributed by atoms with Crippen LogP contribution in [-0.2, 0) is 26.5 Å². The summed E-state index contributed by atoms with van der Waals surface area (Å²) in [6.45, 7) is 11.3. The summed E-state index contributed by atoms with van der Waals surface area (Å²) in [5.74, 6) is 0. The van der Waals surface area contributed by atoms with Gasteiger partial charge in [-0.15, -0.1) is 53.6 Å². The Labute approximate surface area is 315 Å². The van der Waals surface area contributed by atoms with Gasteiger partial charge in [0, 0.05) is 37.9 Å². The third kappa shape index (κ3) is 8.18. The van der Waals surface area contributed by atoms with Gasteiger partial charge in [0.05, 0.1) is 13.7 Å². The van der Waals surface area contributed by atoms with Crippen molar-refractivity contribution in [3.05, 3.63) is 174 Å². The molecule has 0 amide bonds. The zero-order valence-corrected chi connectivity index (χ0v) is 33.0. The molecule has 0 N–H and O–H groups in total. The average molecular weight is 857 g/mol. The van der Waals surface area contributed by atoms with Gasteiger partial charge in [-0.05, 0) is 64.3 Å². The number of furan rings is 1. The van der Waals surface area contributed by atoms with Gasteiger partial charge in [-0.25, -0.2) is 0 Å². The second kappa shape index (κ2) is 15.5. The van der Waals surface area contributed by atoms with Crippen LogP contribution in [0.5, 0.6) is 0 Å². The maximum atomic E-state index is 6.14. The Morgan fingerprint density at radius 3 is 2.16 bits per heavy atom. The minimum absolute atomic E-state index is 0. The Balaban J connectivity index is 0.000000175. The fraction of sp³-hybridized carbons (Fsp3) is 0.130. The Kier molecular flexibility index (Phi) is 10.9. The smallest absolute Gasteiger partial charge is 0.120 e. The minimum atomic E-state index is -1.47. The maximum Gasteiger partial charge on any atom is 0.120 e. The van der Waals surface area contributed by atoms with E-state index >= 15 is 0 Å². The first-order valence-electron chi connectivity index (χ1n) is 17.1. The summed E-state index contributed by atoms with van der Waals surface area (Å²) in [7, 11) is -1.47. The molecule has 0 aliphatic heterocycles. The van der Waals surface area contributed by atoms with Crippen LogP contribution in [0.2, 0.25) is 19.6 Å². The van der Waals surface area contributed by atoms with Crippen molar-refractivity contribution in [2.45, 2.75) is 39.9 Å². The van der Waals surface area contributed by atoms with Crippen LogP contribution in [0, 0.1) is 26.0 Å². The van der Waals surface area contributed by atoms with E-state index in [-0.39, 0.29) is 20.1 Å². The molecule has 51 heavy (non-hydrogen) atoms. The van der Waals surface area contributed by atoms with Crippen LogP contribution in [0.4, 0.5) is 0 Å². The molecule has 0 bridgehead atoms. The number of para-hydroxylation sites is 1. The predicted octanol–water partition coefficient (Wildman–Crippen LogP) is 11.4. The van der Waals surface area contributed by atoms with Crippen molar-refractivity contribution >= 4 is 35.2 Å². The molecule has 0 fully saturated rings. The summed E-state index contributed by atoms with van der Waals surface area (Å²) in [5, 5.41) is 3.63. The molecule has 0 spiro atoms. The van der Waals surface area contributed by atoms with Crippen LogP contribution in [0.15, 0.2) is 144 Å². The first kappa shape index (κ1) is 35.9. The number of hydrogen-bond acceptors (Lipinski definition) is 3. The minimum Gasteiger partial charge on any atom is -0.501 e. The van der Waals surface area contributed by atoms with Gasteiger partial charge in [-0.1, -0.05) is 128 Å². The number of nitrogens with zero attached hydrogens (tertiary/aromatic N) is 2. The molecule has 255 valence electrons. The Morgan fingerprint density at radius 2 is 1.41 bits per heavy atom. The summed E-state index contributed by atoms with van der Waals surface area (Å²) in [6, 6.07) is 50.8. The number of hydrogen-bond donors (Lipinski definition) is 0. The standard InChI is InChI=1S/C25H18NO.C21H22NSi.Ir/c1-17-9-11-18(12-10-17)15-19-13-14-26-23(16-19)22-7-4-6-21-20-5-2-3-8-24(20)27-25(21)22;1-16-10-12-18(13-11-16)20-14-19(17-8-6-5-7-9-17)21(15-22-20)23(2,3)4;/h2-6,8-14,16H,15H2,1H3;5-12,14-15H,1-4H3;/q2*-1;. The molecule has 0 aliphatic carbocycles. The van der Waals surface area contributed by atoms with Gasteiger partial charge >= 0.3 is 0 Å². The topological polar surface area (TPSA) is 38.9 Å².